The number of fused-ring (bicyclic) bond motifs is 1. The summed E-state index contributed by atoms with van der Waals surface area (Å²) in [4.78, 5) is 26.4. The first-order chi connectivity index (χ1) is 12.9. The minimum Gasteiger partial charge on any atom is -0.250 e. The third-order valence-electron chi connectivity index (χ3n) is 4.49. The van der Waals surface area contributed by atoms with E-state index in [1.807, 2.05) is 0 Å². The molecule has 1 aliphatic heterocycles. The zero-order chi connectivity index (χ0) is 19.2. The molecule has 0 bridgehead atoms. The Hall–Kier alpha value is -3.07. The highest BCUT2D eigenvalue weighted by molar-refractivity contribution is 5.30. The summed E-state index contributed by atoms with van der Waals surface area (Å²) in [6.07, 6.45) is -6.92. The number of rotatable bonds is 3. The number of alkyl halides is 3. The Bertz CT molecular complexity index is 1070. The van der Waals surface area contributed by atoms with Gasteiger partial charge in [0.25, 0.3) is 0 Å². The maximum Gasteiger partial charge on any atom is 0.424 e. The molecule has 27 heavy (non-hydrogen) atoms. The number of benzene rings is 2. The highest BCUT2D eigenvalue weighted by atomic mass is 19.4. The second-order valence-electron chi connectivity index (χ2n) is 6.27. The molecule has 0 aliphatic carbocycles. The number of nitrogens with zero attached hydrogens (tertiary/aromatic N) is 4. The Morgan fingerprint density at radius 2 is 1.48 bits per heavy atom. The second-order valence-corrected chi connectivity index (χ2v) is 6.27. The molecule has 2 heterocycles. The largest absolute Gasteiger partial charge is 0.424 e. The average Bonchev–Trinajstić information content (AvgIpc) is 3.12. The van der Waals surface area contributed by atoms with Crippen molar-refractivity contribution < 1.29 is 13.2 Å². The molecule has 1 aromatic heterocycles. The van der Waals surface area contributed by atoms with Gasteiger partial charge in [0.05, 0.1) is 12.4 Å². The van der Waals surface area contributed by atoms with E-state index in [2.05, 4.69) is 0 Å². The quantitative estimate of drug-likeness (QED) is 0.705. The van der Waals surface area contributed by atoms with E-state index >= 15 is 0 Å². The molecule has 140 valence electrons. The number of hydrogen-bond donors (Lipinski definition) is 0. The Morgan fingerprint density at radius 1 is 0.889 bits per heavy atom. The van der Waals surface area contributed by atoms with Crippen LogP contribution < -0.4 is 11.4 Å². The van der Waals surface area contributed by atoms with Crippen molar-refractivity contribution in [3.63, 3.8) is 0 Å². The molecule has 2 aromatic carbocycles. The van der Waals surface area contributed by atoms with Crippen molar-refractivity contribution in [3.05, 3.63) is 87.2 Å². The first-order valence-corrected chi connectivity index (χ1v) is 8.22. The van der Waals surface area contributed by atoms with Gasteiger partial charge in [-0.25, -0.2) is 28.4 Å². The van der Waals surface area contributed by atoms with Crippen LogP contribution in [-0.2, 0) is 13.2 Å². The topological polar surface area (TPSA) is 52.2 Å². The molecule has 4 rings (SSSR count). The molecule has 0 saturated heterocycles. The van der Waals surface area contributed by atoms with Crippen LogP contribution >= 0.6 is 0 Å². The first-order valence-electron chi connectivity index (χ1n) is 8.22. The molecule has 1 atom stereocenters. The molecular formula is C18H15F3N4O2. The van der Waals surface area contributed by atoms with Gasteiger partial charge in [0.1, 0.15) is 0 Å². The van der Waals surface area contributed by atoms with E-state index in [1.54, 1.807) is 48.5 Å². The van der Waals surface area contributed by atoms with Gasteiger partial charge >= 0.3 is 17.6 Å². The van der Waals surface area contributed by atoms with E-state index in [-0.39, 0.29) is 18.9 Å². The summed E-state index contributed by atoms with van der Waals surface area (Å²) in [6.45, 7) is -0.364. The summed E-state index contributed by atoms with van der Waals surface area (Å²) in [5.41, 5.74) is -0.911. The van der Waals surface area contributed by atoms with Crippen LogP contribution in [0.2, 0.25) is 0 Å². The normalized spacial score (nSPS) is 17.2. The van der Waals surface area contributed by atoms with Crippen LogP contribution in [0, 0.1) is 0 Å². The second kappa shape index (κ2) is 6.27. The molecule has 6 nitrogen and oxygen atoms in total. The molecule has 0 unspecified atom stereocenters. The summed E-state index contributed by atoms with van der Waals surface area (Å²) >= 11 is 0. The fourth-order valence-electron chi connectivity index (χ4n) is 3.36. The van der Waals surface area contributed by atoms with Crippen molar-refractivity contribution in [2.45, 2.75) is 25.6 Å². The predicted octanol–water partition coefficient (Wildman–Crippen LogP) is 2.33. The maximum absolute atomic E-state index is 13.8. The Balaban J connectivity index is 1.82. The van der Waals surface area contributed by atoms with Crippen molar-refractivity contribution in [2.75, 3.05) is 0 Å². The van der Waals surface area contributed by atoms with E-state index < -0.39 is 23.7 Å². The minimum absolute atomic E-state index is 0.0378. The van der Waals surface area contributed by atoms with Crippen LogP contribution in [0.3, 0.4) is 0 Å². The summed E-state index contributed by atoms with van der Waals surface area (Å²) in [5, 5.41) is 0. The zero-order valence-corrected chi connectivity index (χ0v) is 14.0. The van der Waals surface area contributed by atoms with Crippen molar-refractivity contribution in [1.29, 1.82) is 0 Å². The molecular weight excluding hydrogens is 361 g/mol. The first kappa shape index (κ1) is 17.3. The van der Waals surface area contributed by atoms with E-state index in [0.717, 1.165) is 14.1 Å². The van der Waals surface area contributed by atoms with E-state index in [0.29, 0.717) is 10.2 Å². The minimum atomic E-state index is -4.72. The van der Waals surface area contributed by atoms with Gasteiger partial charge < -0.3 is 0 Å². The van der Waals surface area contributed by atoms with Crippen molar-refractivity contribution >= 4 is 0 Å². The monoisotopic (exact) mass is 376 g/mol. The van der Waals surface area contributed by atoms with Crippen molar-refractivity contribution in [2.24, 2.45) is 0 Å². The van der Waals surface area contributed by atoms with Gasteiger partial charge in [-0.05, 0) is 17.7 Å². The van der Waals surface area contributed by atoms with E-state index in [1.165, 1.54) is 12.1 Å². The average molecular weight is 376 g/mol. The van der Waals surface area contributed by atoms with Crippen molar-refractivity contribution in [1.82, 2.24) is 18.8 Å². The van der Waals surface area contributed by atoms with Crippen molar-refractivity contribution in [3.8, 4) is 5.69 Å². The standard InChI is InChI=1S/C18H15F3N4O2/c19-18(20,21)15-22(11-13-7-3-1-4-8-13)12-23-16(26)24(17(27)25(15)23)14-9-5-2-6-10-14/h1-10,15H,11-12H2/t15-/m0/s1. The van der Waals surface area contributed by atoms with Gasteiger partial charge in [-0.15, -0.1) is 0 Å². The van der Waals surface area contributed by atoms with Crippen LogP contribution in [0.25, 0.3) is 5.69 Å². The highest BCUT2D eigenvalue weighted by Crippen LogP contribution is 2.36. The zero-order valence-electron chi connectivity index (χ0n) is 14.0. The Labute approximate surface area is 151 Å². The van der Waals surface area contributed by atoms with Crippen LogP contribution in [-0.4, -0.2) is 25.0 Å². The summed E-state index contributed by atoms with van der Waals surface area (Å²) in [6, 6.07) is 16.5. The molecule has 0 radical (unpaired) electrons. The molecule has 3 aromatic rings. The highest BCUT2D eigenvalue weighted by Gasteiger charge is 2.51. The van der Waals surface area contributed by atoms with Gasteiger partial charge in [0, 0.05) is 6.54 Å². The van der Waals surface area contributed by atoms with Crippen LogP contribution in [0.1, 0.15) is 11.7 Å². The lowest BCUT2D eigenvalue weighted by Crippen LogP contribution is -2.41. The Morgan fingerprint density at radius 3 is 2.07 bits per heavy atom. The molecule has 0 saturated carbocycles. The maximum atomic E-state index is 13.8. The molecule has 0 fully saturated rings. The lowest BCUT2D eigenvalue weighted by molar-refractivity contribution is -0.204. The lowest BCUT2D eigenvalue weighted by Gasteiger charge is -2.25. The van der Waals surface area contributed by atoms with Crippen LogP contribution in [0.5, 0.6) is 0 Å². The van der Waals surface area contributed by atoms with Gasteiger partial charge in [0.15, 0.2) is 0 Å². The third kappa shape index (κ3) is 2.89. The summed E-state index contributed by atoms with van der Waals surface area (Å²) in [5.74, 6) is 0. The molecule has 1 aliphatic rings. The summed E-state index contributed by atoms with van der Waals surface area (Å²) in [7, 11) is 0. The number of hydrogen-bond acceptors (Lipinski definition) is 3. The van der Waals surface area contributed by atoms with Gasteiger partial charge in [-0.2, -0.15) is 13.2 Å². The predicted molar refractivity (Wildman–Crippen MR) is 91.4 cm³/mol. The molecule has 0 amide bonds. The smallest absolute Gasteiger partial charge is 0.250 e. The lowest BCUT2D eigenvalue weighted by atomic mass is 10.2. The van der Waals surface area contributed by atoms with E-state index in [9.17, 15) is 22.8 Å². The number of para-hydroxylation sites is 1. The van der Waals surface area contributed by atoms with E-state index in [4.69, 9.17) is 0 Å². The van der Waals surface area contributed by atoms with Gasteiger partial charge in [0.2, 0.25) is 6.17 Å². The Kier molecular flexibility index (Phi) is 4.03. The fraction of sp³-hybridized carbons (Fsp3) is 0.222. The molecule has 9 heteroatoms. The number of halogens is 3. The molecule has 0 N–H and O–H groups in total. The number of aromatic nitrogens is 3. The SMILES string of the molecule is O=c1n(-c2ccccc2)c(=O)n2n1CN(Cc1ccccc1)[C@@H]2C(F)(F)F. The summed E-state index contributed by atoms with van der Waals surface area (Å²) < 4.78 is 43.5. The molecule has 0 spiro atoms. The van der Waals surface area contributed by atoms with Crippen LogP contribution in [0.15, 0.2) is 70.3 Å². The van der Waals surface area contributed by atoms with Gasteiger partial charge in [-0.1, -0.05) is 48.5 Å². The van der Waals surface area contributed by atoms with Gasteiger partial charge in [-0.3, -0.25) is 0 Å². The van der Waals surface area contributed by atoms with Crippen LogP contribution in [0.4, 0.5) is 13.2 Å². The third-order valence-corrected chi connectivity index (χ3v) is 4.49. The fourth-order valence-corrected chi connectivity index (χ4v) is 3.36.